The Hall–Kier alpha value is -1.26. The van der Waals surface area contributed by atoms with E-state index in [1.54, 1.807) is 18.7 Å². The van der Waals surface area contributed by atoms with E-state index in [-0.39, 0.29) is 12.1 Å². The molecule has 17 heavy (non-hydrogen) atoms. The van der Waals surface area contributed by atoms with E-state index in [1.165, 1.54) is 0 Å². The van der Waals surface area contributed by atoms with E-state index in [9.17, 15) is 9.59 Å². The summed E-state index contributed by atoms with van der Waals surface area (Å²) in [6, 6.07) is -0.567. The molecule has 2 N–H and O–H groups in total. The maximum atomic E-state index is 11.9. The van der Waals surface area contributed by atoms with Crippen molar-refractivity contribution in [3.8, 4) is 0 Å². The van der Waals surface area contributed by atoms with E-state index in [0.29, 0.717) is 19.0 Å². The Morgan fingerprint density at radius 1 is 1.24 bits per heavy atom. The van der Waals surface area contributed by atoms with Crippen molar-refractivity contribution in [2.24, 2.45) is 11.8 Å². The van der Waals surface area contributed by atoms with Gasteiger partial charge in [0, 0.05) is 19.1 Å². The predicted molar refractivity (Wildman–Crippen MR) is 66.9 cm³/mol. The third kappa shape index (κ3) is 5.56. The molecule has 0 aromatic heterocycles. The second-order valence-corrected chi connectivity index (χ2v) is 4.80. The summed E-state index contributed by atoms with van der Waals surface area (Å²) in [5.74, 6) is -1.09. The van der Waals surface area contributed by atoms with Crippen LogP contribution in [0.4, 0.5) is 4.79 Å². The van der Waals surface area contributed by atoms with Gasteiger partial charge in [-0.15, -0.1) is 0 Å². The SMILES string of the molecule is CCN(CC(C)C)C(=O)NC(C)C(C)C(=O)O. The van der Waals surface area contributed by atoms with Crippen LogP contribution in [0.5, 0.6) is 0 Å². The first-order chi connectivity index (χ1) is 7.79. The molecule has 2 unspecified atom stereocenters. The van der Waals surface area contributed by atoms with Gasteiger partial charge in [-0.3, -0.25) is 4.79 Å². The lowest BCUT2D eigenvalue weighted by Gasteiger charge is -2.26. The summed E-state index contributed by atoms with van der Waals surface area (Å²) in [7, 11) is 0. The molecular weight excluding hydrogens is 220 g/mol. The molecule has 0 heterocycles. The molecule has 5 heteroatoms. The number of urea groups is 1. The Bertz CT molecular complexity index is 266. The van der Waals surface area contributed by atoms with E-state index in [1.807, 2.05) is 20.8 Å². The lowest BCUT2D eigenvalue weighted by atomic mass is 10.0. The van der Waals surface area contributed by atoms with Gasteiger partial charge in [0.2, 0.25) is 0 Å². The second kappa shape index (κ2) is 7.14. The Kier molecular flexibility index (Phi) is 6.61. The van der Waals surface area contributed by atoms with Crippen molar-refractivity contribution in [1.29, 1.82) is 0 Å². The predicted octanol–water partition coefficient (Wildman–Crippen LogP) is 1.78. The van der Waals surface area contributed by atoms with Crippen LogP contribution in [-0.2, 0) is 4.79 Å². The number of carbonyl (C=O) groups is 2. The van der Waals surface area contributed by atoms with Gasteiger partial charge in [-0.2, -0.15) is 0 Å². The molecule has 0 saturated heterocycles. The first-order valence-corrected chi connectivity index (χ1v) is 6.07. The highest BCUT2D eigenvalue weighted by Gasteiger charge is 2.23. The van der Waals surface area contributed by atoms with Gasteiger partial charge in [0.15, 0.2) is 0 Å². The summed E-state index contributed by atoms with van der Waals surface area (Å²) in [5.41, 5.74) is 0. The molecule has 2 atom stereocenters. The van der Waals surface area contributed by atoms with Gasteiger partial charge in [0.1, 0.15) is 0 Å². The van der Waals surface area contributed by atoms with E-state index < -0.39 is 11.9 Å². The molecule has 2 amide bonds. The maximum Gasteiger partial charge on any atom is 0.317 e. The zero-order valence-corrected chi connectivity index (χ0v) is 11.4. The maximum absolute atomic E-state index is 11.9. The average Bonchev–Trinajstić information content (AvgIpc) is 2.23. The smallest absolute Gasteiger partial charge is 0.317 e. The van der Waals surface area contributed by atoms with Crippen LogP contribution in [0.2, 0.25) is 0 Å². The molecule has 5 nitrogen and oxygen atoms in total. The lowest BCUT2D eigenvalue weighted by Crippen LogP contribution is -2.48. The van der Waals surface area contributed by atoms with Crippen LogP contribution in [0.15, 0.2) is 0 Å². The van der Waals surface area contributed by atoms with Gasteiger partial charge >= 0.3 is 12.0 Å². The highest BCUT2D eigenvalue weighted by molar-refractivity contribution is 5.76. The highest BCUT2D eigenvalue weighted by atomic mass is 16.4. The van der Waals surface area contributed by atoms with Gasteiger partial charge in [-0.05, 0) is 26.7 Å². The number of aliphatic carboxylic acids is 1. The van der Waals surface area contributed by atoms with Crippen LogP contribution in [-0.4, -0.2) is 41.1 Å². The van der Waals surface area contributed by atoms with Crippen LogP contribution in [0.1, 0.15) is 34.6 Å². The standard InChI is InChI=1S/C12H24N2O3/c1-6-14(7-8(2)3)12(17)13-10(5)9(4)11(15)16/h8-10H,6-7H2,1-5H3,(H,13,17)(H,15,16). The van der Waals surface area contributed by atoms with Gasteiger partial charge in [0.25, 0.3) is 0 Å². The monoisotopic (exact) mass is 244 g/mol. The minimum Gasteiger partial charge on any atom is -0.481 e. The summed E-state index contributed by atoms with van der Waals surface area (Å²) in [5, 5.41) is 11.6. The van der Waals surface area contributed by atoms with Gasteiger partial charge < -0.3 is 15.3 Å². The molecule has 0 aliphatic carbocycles. The van der Waals surface area contributed by atoms with Gasteiger partial charge in [-0.25, -0.2) is 4.79 Å². The van der Waals surface area contributed by atoms with Gasteiger partial charge in [0.05, 0.1) is 5.92 Å². The molecule has 0 bridgehead atoms. The average molecular weight is 244 g/mol. The molecular formula is C12H24N2O3. The highest BCUT2D eigenvalue weighted by Crippen LogP contribution is 2.04. The minimum absolute atomic E-state index is 0.193. The van der Waals surface area contributed by atoms with Crippen molar-refractivity contribution in [3.05, 3.63) is 0 Å². The normalized spacial score (nSPS) is 14.2. The van der Waals surface area contributed by atoms with Crippen molar-refractivity contribution in [2.45, 2.75) is 40.7 Å². The van der Waals surface area contributed by atoms with Gasteiger partial charge in [-0.1, -0.05) is 13.8 Å². The van der Waals surface area contributed by atoms with Crippen LogP contribution in [0, 0.1) is 11.8 Å². The zero-order chi connectivity index (χ0) is 13.6. The molecule has 0 fully saturated rings. The topological polar surface area (TPSA) is 69.6 Å². The van der Waals surface area contributed by atoms with E-state index in [4.69, 9.17) is 5.11 Å². The third-order valence-corrected chi connectivity index (χ3v) is 2.75. The molecule has 100 valence electrons. The fourth-order valence-corrected chi connectivity index (χ4v) is 1.42. The Morgan fingerprint density at radius 3 is 2.12 bits per heavy atom. The number of nitrogens with one attached hydrogen (secondary N) is 1. The minimum atomic E-state index is -0.898. The summed E-state index contributed by atoms with van der Waals surface area (Å²) < 4.78 is 0. The van der Waals surface area contributed by atoms with E-state index in [0.717, 1.165) is 0 Å². The van der Waals surface area contributed by atoms with Crippen LogP contribution in [0.3, 0.4) is 0 Å². The number of nitrogens with zero attached hydrogens (tertiary/aromatic N) is 1. The third-order valence-electron chi connectivity index (χ3n) is 2.75. The molecule has 0 spiro atoms. The Morgan fingerprint density at radius 2 is 1.76 bits per heavy atom. The van der Waals surface area contributed by atoms with E-state index in [2.05, 4.69) is 5.32 Å². The van der Waals surface area contributed by atoms with E-state index >= 15 is 0 Å². The number of rotatable bonds is 6. The van der Waals surface area contributed by atoms with Crippen molar-refractivity contribution in [3.63, 3.8) is 0 Å². The van der Waals surface area contributed by atoms with Crippen molar-refractivity contribution in [2.75, 3.05) is 13.1 Å². The zero-order valence-electron chi connectivity index (χ0n) is 11.4. The van der Waals surface area contributed by atoms with Crippen LogP contribution >= 0.6 is 0 Å². The van der Waals surface area contributed by atoms with Crippen LogP contribution in [0.25, 0.3) is 0 Å². The van der Waals surface area contributed by atoms with Crippen molar-refractivity contribution < 1.29 is 14.7 Å². The molecule has 0 aliphatic rings. The molecule has 0 aromatic rings. The summed E-state index contributed by atoms with van der Waals surface area (Å²) in [4.78, 5) is 24.3. The first-order valence-electron chi connectivity index (χ1n) is 6.07. The molecule has 0 aliphatic heterocycles. The lowest BCUT2D eigenvalue weighted by molar-refractivity contribution is -0.141. The second-order valence-electron chi connectivity index (χ2n) is 4.80. The van der Waals surface area contributed by atoms with Crippen molar-refractivity contribution >= 4 is 12.0 Å². The first kappa shape index (κ1) is 15.7. The number of hydrogen-bond acceptors (Lipinski definition) is 2. The fourth-order valence-electron chi connectivity index (χ4n) is 1.42. The summed E-state index contributed by atoms with van der Waals surface area (Å²) >= 11 is 0. The fraction of sp³-hybridized carbons (Fsp3) is 0.833. The molecule has 0 saturated carbocycles. The largest absolute Gasteiger partial charge is 0.481 e. The summed E-state index contributed by atoms with van der Waals surface area (Å²) in [6.45, 7) is 10.6. The molecule has 0 radical (unpaired) electrons. The Balaban J connectivity index is 4.35. The quantitative estimate of drug-likeness (QED) is 0.748. The number of carbonyl (C=O) groups excluding carboxylic acids is 1. The number of hydrogen-bond donors (Lipinski definition) is 2. The van der Waals surface area contributed by atoms with Crippen LogP contribution < -0.4 is 5.32 Å². The Labute approximate surface area is 103 Å². The summed E-state index contributed by atoms with van der Waals surface area (Å²) in [6.07, 6.45) is 0. The number of carboxylic acid groups (broad SMARTS) is 1. The molecule has 0 aromatic carbocycles. The number of amides is 2. The van der Waals surface area contributed by atoms with Crippen molar-refractivity contribution in [1.82, 2.24) is 10.2 Å². The number of carboxylic acids is 1. The molecule has 0 rings (SSSR count).